The quantitative estimate of drug-likeness (QED) is 0.113. The fourth-order valence-corrected chi connectivity index (χ4v) is 25.8. The van der Waals surface area contributed by atoms with Gasteiger partial charge in [0.1, 0.15) is 12.2 Å². The van der Waals surface area contributed by atoms with Gasteiger partial charge in [0.2, 0.25) is 46.3 Å². The van der Waals surface area contributed by atoms with Crippen molar-refractivity contribution in [3.05, 3.63) is 348 Å². The molecule has 15 atom stereocenters. The van der Waals surface area contributed by atoms with E-state index >= 15 is 0 Å². The number of nitrogens with two attached hydrogens (primary N) is 2. The third-order valence-corrected chi connectivity index (χ3v) is 33.2. The zero-order valence-corrected chi connectivity index (χ0v) is 83.3. The number of aryl methyl sites for hydroxylation is 1. The summed E-state index contributed by atoms with van der Waals surface area (Å²) in [7, 11) is 0. The number of nitrogens with zero attached hydrogens (tertiary/aromatic N) is 16. The maximum Gasteiger partial charge on any atom is 0.230 e. The van der Waals surface area contributed by atoms with Crippen LogP contribution in [0.5, 0.6) is 0 Å². The largest absolute Gasteiger partial charge is 0.368 e. The Bertz CT molecular complexity index is 7430. The smallest absolute Gasteiger partial charge is 0.230 e. The number of Topliss-reactive ketones (excluding diaryl/α,β-unsaturated/α-hetero) is 5. The predicted molar refractivity (Wildman–Crippen MR) is 561 cm³/mol. The van der Waals surface area contributed by atoms with Gasteiger partial charge in [-0.2, -0.15) is 0 Å². The second-order valence-electron chi connectivity index (χ2n) is 41.5. The standard InChI is InChI=1S/C31H26N4O.C28H30N4O2.C21H20N4O.C21H19N3O.C18H22N4O.CH4/c1-19-24-15-7-13-23-27(20-10-5-4-6-11-20)34-30(22-12-8-16-25-21(22)14-9-17-33-25)35-29(23)31(24,2)18-26(32-3)28(19)36;1-17-21-15-14-20-23(18-10-6-4-7-11-18)30-27(32-26(34)19-12-8-5-9-13-19)31-25(20)28(21,2)16-22(29-3)24(17)33;1-12-15-10-9-14-17(13-7-5-4-6-8-13)24-20(22)25-19(14)21(15,2)11-16(23-3)18(12)26;1-13-16-10-9-15-18(14-7-5-4-6-8-14)23-12-24-20(15)21(16,2)11-17(22-3)19(13)25;1-10-13-6-5-12-11(2)21-15(7-8-19)22-17(12)18(13,3)9-14(20-4)16(10)23;/h4-6,8-12,14,16-19,24H,7,13,15H2,1-2H3;4,6-7,10-11,16-17,19,21H,5,8-9,12-15H2,1-2H3,(H,30,31,32,34);4-8,11-12,15H,9-10H2,1-2H3,(H2,22,24,25);4-8,11-13,16H,9-10H2,1-2H3;9-10,13H,5-8,19H2,1-3H3;1H4/t19-,24-,31-;17-,21-,28-;12-,15-,21-;13-,16-,21-;10-,13-,18-;/m11111./s1. The Labute approximate surface area is 848 Å². The van der Waals surface area contributed by atoms with E-state index in [1.54, 1.807) is 12.5 Å². The average molecular weight is 1930 g/mol. The number of hydrogen-bond donors (Lipinski definition) is 3. The molecule has 25 heteroatoms. The minimum absolute atomic E-state index is 0. The number of nitrogen functional groups attached to an aromatic ring is 1. The van der Waals surface area contributed by atoms with E-state index in [9.17, 15) is 28.8 Å². The van der Waals surface area contributed by atoms with Gasteiger partial charge in [0.05, 0.1) is 89.6 Å². The zero-order chi connectivity index (χ0) is 102. The van der Waals surface area contributed by atoms with E-state index in [0.717, 1.165) is 220 Å². The molecule has 0 saturated heterocycles. The van der Waals surface area contributed by atoms with E-state index in [2.05, 4.69) is 124 Å². The molecular weight excluding hydrogens is 1800 g/mol. The summed E-state index contributed by atoms with van der Waals surface area (Å²) in [6.45, 7) is 60.2. The van der Waals surface area contributed by atoms with Crippen molar-refractivity contribution in [3.63, 3.8) is 0 Å². The molecule has 1 amide bonds. The number of carbonyl (C=O) groups is 6. The summed E-state index contributed by atoms with van der Waals surface area (Å²) in [6, 6.07) is 50.4. The summed E-state index contributed by atoms with van der Waals surface area (Å²) >= 11 is 0. The van der Waals surface area contributed by atoms with E-state index in [4.69, 9.17) is 69.2 Å². The number of ketones is 5. The highest BCUT2D eigenvalue weighted by Gasteiger charge is 2.56. The molecule has 11 aromatic rings. The molecule has 11 aliphatic carbocycles. The van der Waals surface area contributed by atoms with Gasteiger partial charge >= 0.3 is 0 Å². The van der Waals surface area contributed by atoms with Crippen LogP contribution in [-0.2, 0) is 94.4 Å². The number of carbonyl (C=O) groups excluding carboxylic acids is 6. The molecule has 5 aromatic carbocycles. The summed E-state index contributed by atoms with van der Waals surface area (Å²) in [5.74, 6) is 1.35. The number of benzene rings is 5. The van der Waals surface area contributed by atoms with Gasteiger partial charge in [-0.3, -0.25) is 15.1 Å². The normalized spacial score (nSPS) is 26.3. The molecule has 6 heterocycles. The Hall–Kier alpha value is -15.4. The molecule has 25 nitrogen and oxygen atoms in total. The Morgan fingerprint density at radius 3 is 1.22 bits per heavy atom. The second-order valence-corrected chi connectivity index (χ2v) is 41.5. The van der Waals surface area contributed by atoms with Crippen molar-refractivity contribution in [1.82, 2.24) is 54.8 Å². The average Bonchev–Trinajstić information content (AvgIpc) is 1.25. The number of amides is 1. The monoisotopic (exact) mass is 1920 g/mol. The summed E-state index contributed by atoms with van der Waals surface area (Å²) in [5.41, 5.74) is 31.1. The van der Waals surface area contributed by atoms with Crippen LogP contribution in [0, 0.1) is 105 Å². The minimum atomic E-state index is -0.572. The third-order valence-electron chi connectivity index (χ3n) is 33.2. The highest BCUT2D eigenvalue weighted by Crippen LogP contribution is 2.57. The molecule has 0 unspecified atom stereocenters. The van der Waals surface area contributed by atoms with Crippen LogP contribution in [0.4, 0.5) is 11.9 Å². The highest BCUT2D eigenvalue weighted by atomic mass is 16.2. The van der Waals surface area contributed by atoms with Gasteiger partial charge in [0, 0.05) is 136 Å². The number of anilines is 2. The zero-order valence-electron chi connectivity index (χ0n) is 83.3. The Morgan fingerprint density at radius 2 is 0.772 bits per heavy atom. The summed E-state index contributed by atoms with van der Waals surface area (Å²) in [5, 5.41) is 4.02. The first kappa shape index (κ1) is 101. The minimum Gasteiger partial charge on any atom is -0.368 e. The molecule has 0 spiro atoms. The lowest BCUT2D eigenvalue weighted by atomic mass is 9.58. The van der Waals surface area contributed by atoms with Crippen molar-refractivity contribution in [1.29, 1.82) is 0 Å². The number of aromatic nitrogens is 11. The van der Waals surface area contributed by atoms with Crippen molar-refractivity contribution >= 4 is 57.6 Å². The van der Waals surface area contributed by atoms with Crippen molar-refractivity contribution < 1.29 is 28.8 Å². The Morgan fingerprint density at radius 1 is 0.386 bits per heavy atom. The van der Waals surface area contributed by atoms with Gasteiger partial charge in [-0.15, -0.1) is 0 Å². The predicted octanol–water partition coefficient (Wildman–Crippen LogP) is 22.4. The Kier molecular flexibility index (Phi) is 28.7. The topological polar surface area (TPSA) is 330 Å². The van der Waals surface area contributed by atoms with Crippen LogP contribution in [-0.4, -0.2) is 96.2 Å². The fourth-order valence-electron chi connectivity index (χ4n) is 25.8. The maximum atomic E-state index is 13.1. The first-order valence-corrected chi connectivity index (χ1v) is 50.4. The molecule has 22 rings (SSSR count). The van der Waals surface area contributed by atoms with Crippen LogP contribution in [0.3, 0.4) is 0 Å². The van der Waals surface area contributed by atoms with Crippen molar-refractivity contribution in [2.75, 3.05) is 17.6 Å². The van der Waals surface area contributed by atoms with E-state index < -0.39 is 21.7 Å². The van der Waals surface area contributed by atoms with Gasteiger partial charge in [-0.1, -0.05) is 266 Å². The molecule has 1 saturated carbocycles. The molecule has 0 radical (unpaired) electrons. The van der Waals surface area contributed by atoms with Gasteiger partial charge < -0.3 is 35.4 Å². The molecule has 0 bridgehead atoms. The third kappa shape index (κ3) is 18.3. The van der Waals surface area contributed by atoms with Crippen LogP contribution in [0.25, 0.3) is 91.5 Å². The van der Waals surface area contributed by atoms with Crippen molar-refractivity contribution in [3.8, 4) is 56.4 Å². The SMILES string of the molecule is C.[C-]#[N+]C1=C[C@@]2(C)c3nc(-c4cccc5ncccc45)nc(-c4ccccc4)c3CCC[C@@H]2[C@@H](C)C1=O.[C-]#[N+]C1=C[C@@]2(C)c3nc(CCN)nc(C)c3CC[C@@H]2[C@@H](C)C1=O.[C-]#[N+]C1=C[C@@]2(C)c3nc(N)nc(-c4ccccc4)c3CC[C@@H]2[C@@H](C)C1=O.[C-]#[N+]C1=C[C@@]2(C)c3nc(NC(=O)C4CCCCC4)nc(-c4ccccc4)c3CC[C@@H]2[C@@H](C)C1=O.[C-]#[N+]C1=C[C@@]2(C)c3ncnc(-c4ccccc4)c3CC[C@@H]2[C@@H](C)C1=O. The van der Waals surface area contributed by atoms with Crippen LogP contribution < -0.4 is 16.8 Å². The molecule has 732 valence electrons. The Balaban J connectivity index is 0.000000125. The second kappa shape index (κ2) is 41.2. The van der Waals surface area contributed by atoms with E-state index in [-0.39, 0.29) is 147 Å². The van der Waals surface area contributed by atoms with Crippen molar-refractivity contribution in [2.24, 2.45) is 70.8 Å². The fraction of sp³-hybridized carbons (Fsp3) is 0.383. The lowest BCUT2D eigenvalue weighted by Crippen LogP contribution is -2.46. The molecule has 1 fully saturated rings. The summed E-state index contributed by atoms with van der Waals surface area (Å²) in [6.07, 6.45) is 28.0. The number of nitrogens with one attached hydrogen (secondary N) is 1. The molecule has 11 aliphatic rings. The molecular formula is C120H121N19O6. The van der Waals surface area contributed by atoms with Gasteiger partial charge in [0.15, 0.2) is 34.7 Å². The number of rotatable bonds is 9. The lowest BCUT2D eigenvalue weighted by Gasteiger charge is -2.46. The van der Waals surface area contributed by atoms with Crippen LogP contribution >= 0.6 is 0 Å². The lowest BCUT2D eigenvalue weighted by molar-refractivity contribution is -0.122. The summed E-state index contributed by atoms with van der Waals surface area (Å²) in [4.78, 5) is 146. The molecule has 145 heavy (non-hydrogen) atoms. The van der Waals surface area contributed by atoms with Gasteiger partial charge in [-0.05, 0) is 144 Å². The van der Waals surface area contributed by atoms with Crippen LogP contribution in [0.15, 0.2) is 223 Å². The van der Waals surface area contributed by atoms with Gasteiger partial charge in [0.25, 0.3) is 0 Å². The van der Waals surface area contributed by atoms with E-state index in [1.807, 2.05) is 193 Å². The first-order valence-electron chi connectivity index (χ1n) is 50.4. The number of allylic oxidation sites excluding steroid dienone is 10. The highest BCUT2D eigenvalue weighted by molar-refractivity contribution is 6.04. The molecule has 5 N–H and O–H groups in total. The number of fused-ring (bicyclic) bond motifs is 16. The van der Waals surface area contributed by atoms with Crippen molar-refractivity contribution in [2.45, 2.75) is 220 Å². The van der Waals surface area contributed by atoms with Gasteiger partial charge in [-0.25, -0.2) is 74.1 Å². The number of hydrogen-bond acceptors (Lipinski definition) is 19. The van der Waals surface area contributed by atoms with Crippen LogP contribution in [0.1, 0.15) is 215 Å². The molecule has 6 aromatic heterocycles. The van der Waals surface area contributed by atoms with Crippen LogP contribution in [0.2, 0.25) is 0 Å². The van der Waals surface area contributed by atoms with E-state index in [1.165, 1.54) is 12.0 Å². The number of pyridine rings is 1. The first-order chi connectivity index (χ1) is 69.4. The summed E-state index contributed by atoms with van der Waals surface area (Å²) < 4.78 is 0. The maximum absolute atomic E-state index is 13.1. The van der Waals surface area contributed by atoms with E-state index in [0.29, 0.717) is 24.7 Å². The molecule has 0 aliphatic heterocycles.